The van der Waals surface area contributed by atoms with Gasteiger partial charge in [-0.25, -0.2) is 17.8 Å². The fraction of sp³-hybridized carbons (Fsp3) is 0.462. The molecule has 3 aliphatic rings. The van der Waals surface area contributed by atoms with Gasteiger partial charge < -0.3 is 14.4 Å². The number of sulfonamides is 1. The molecule has 2 aromatic carbocycles. The highest BCUT2D eigenvalue weighted by molar-refractivity contribution is 7.88. The van der Waals surface area contributed by atoms with Crippen LogP contribution in [0.15, 0.2) is 36.4 Å². The van der Waals surface area contributed by atoms with E-state index in [1.54, 1.807) is 11.0 Å². The molecule has 2 aliphatic heterocycles. The topological polar surface area (TPSA) is 78.8 Å². The van der Waals surface area contributed by atoms with Gasteiger partial charge in [-0.3, -0.25) is 4.79 Å². The molecule has 3 heterocycles. The lowest BCUT2D eigenvalue weighted by atomic mass is 9.98. The van der Waals surface area contributed by atoms with Gasteiger partial charge in [-0.15, -0.1) is 0 Å². The van der Waals surface area contributed by atoms with Gasteiger partial charge in [0.15, 0.2) is 0 Å². The first-order chi connectivity index (χ1) is 17.7. The summed E-state index contributed by atoms with van der Waals surface area (Å²) in [5.74, 6) is 0.402. The Hall–Kier alpha value is -2.53. The highest BCUT2D eigenvalue weighted by Crippen LogP contribution is 2.57. The van der Waals surface area contributed by atoms with E-state index in [1.165, 1.54) is 22.7 Å². The molecule has 0 bridgehead atoms. The van der Waals surface area contributed by atoms with Crippen LogP contribution < -0.4 is 4.90 Å². The van der Waals surface area contributed by atoms with Gasteiger partial charge in [0.05, 0.1) is 34.9 Å². The second kappa shape index (κ2) is 9.04. The van der Waals surface area contributed by atoms with E-state index in [1.807, 2.05) is 18.2 Å². The summed E-state index contributed by atoms with van der Waals surface area (Å²) in [5, 5.41) is 0.592. The maximum absolute atomic E-state index is 14.2. The number of amides is 1. The zero-order chi connectivity index (χ0) is 25.9. The van der Waals surface area contributed by atoms with Gasteiger partial charge in [-0.05, 0) is 61.7 Å². The molecule has 0 radical (unpaired) electrons. The number of imidazole rings is 1. The summed E-state index contributed by atoms with van der Waals surface area (Å²) in [4.78, 5) is 22.3. The van der Waals surface area contributed by atoms with Crippen LogP contribution in [-0.4, -0.2) is 72.1 Å². The first kappa shape index (κ1) is 24.8. The lowest BCUT2D eigenvalue weighted by Gasteiger charge is -2.33. The van der Waals surface area contributed by atoms with E-state index in [0.29, 0.717) is 43.4 Å². The number of aromatic nitrogens is 2. The van der Waals surface area contributed by atoms with Crippen molar-refractivity contribution < 1.29 is 17.6 Å². The van der Waals surface area contributed by atoms with Gasteiger partial charge in [0.1, 0.15) is 11.6 Å². The number of nitrogens with zero attached hydrogens (tertiary/aromatic N) is 5. The third-order valence-electron chi connectivity index (χ3n) is 7.92. The lowest BCUT2D eigenvalue weighted by Crippen LogP contribution is -2.48. The molecule has 6 rings (SSSR count). The minimum Gasteiger partial charge on any atom is -0.326 e. The minimum atomic E-state index is -3.15. The van der Waals surface area contributed by atoms with Gasteiger partial charge in [-0.1, -0.05) is 17.7 Å². The predicted molar refractivity (Wildman–Crippen MR) is 141 cm³/mol. The fourth-order valence-corrected chi connectivity index (χ4v) is 6.78. The van der Waals surface area contributed by atoms with Gasteiger partial charge in [0.2, 0.25) is 15.9 Å². The number of fused-ring (bicyclic) bond motifs is 3. The van der Waals surface area contributed by atoms with Crippen LogP contribution in [0.25, 0.3) is 11.0 Å². The van der Waals surface area contributed by atoms with Crippen molar-refractivity contribution in [3.63, 3.8) is 0 Å². The smallest absolute Gasteiger partial charge is 0.238 e. The second-order valence-corrected chi connectivity index (χ2v) is 12.7. The van der Waals surface area contributed by atoms with Crippen LogP contribution in [-0.2, 0) is 33.3 Å². The van der Waals surface area contributed by atoms with Crippen molar-refractivity contribution in [2.24, 2.45) is 0 Å². The van der Waals surface area contributed by atoms with Crippen molar-refractivity contribution in [3.05, 3.63) is 58.6 Å². The number of piperazine rings is 1. The zero-order valence-corrected chi connectivity index (χ0v) is 22.2. The van der Waals surface area contributed by atoms with Crippen LogP contribution in [0.5, 0.6) is 0 Å². The van der Waals surface area contributed by atoms with E-state index in [0.717, 1.165) is 48.2 Å². The van der Waals surface area contributed by atoms with E-state index in [-0.39, 0.29) is 18.3 Å². The molecule has 1 saturated heterocycles. The molecule has 8 nitrogen and oxygen atoms in total. The zero-order valence-electron chi connectivity index (χ0n) is 20.7. The Morgan fingerprint density at radius 2 is 1.81 bits per heavy atom. The minimum absolute atomic E-state index is 0.0217. The summed E-state index contributed by atoms with van der Waals surface area (Å²) in [7, 11) is -3.15. The van der Waals surface area contributed by atoms with E-state index in [2.05, 4.69) is 9.47 Å². The predicted octanol–water partition coefficient (Wildman–Crippen LogP) is 3.37. The SMILES string of the molecule is CS(=O)(=O)N1CCN(CCCn2c(CN3C(=O)C4(CC4)c4ccc(F)cc43)nc3cc(Cl)ccc32)CC1. The Kier molecular flexibility index (Phi) is 6.06. The van der Waals surface area contributed by atoms with Crippen molar-refractivity contribution in [2.75, 3.05) is 43.9 Å². The Balaban J connectivity index is 1.23. The van der Waals surface area contributed by atoms with Gasteiger partial charge in [0, 0.05) is 37.7 Å². The molecule has 0 N–H and O–H groups in total. The number of anilines is 1. The highest BCUT2D eigenvalue weighted by atomic mass is 35.5. The molecule has 37 heavy (non-hydrogen) atoms. The summed E-state index contributed by atoms with van der Waals surface area (Å²) >= 11 is 6.24. The van der Waals surface area contributed by atoms with Crippen molar-refractivity contribution in [1.29, 1.82) is 0 Å². The molecule has 196 valence electrons. The van der Waals surface area contributed by atoms with Crippen LogP contribution in [0, 0.1) is 5.82 Å². The highest BCUT2D eigenvalue weighted by Gasteiger charge is 2.59. The Morgan fingerprint density at radius 3 is 2.51 bits per heavy atom. The number of hydrogen-bond donors (Lipinski definition) is 0. The van der Waals surface area contributed by atoms with E-state index < -0.39 is 15.4 Å². The Labute approximate surface area is 220 Å². The molecular weight excluding hydrogens is 517 g/mol. The normalized spacial score (nSPS) is 19.8. The maximum atomic E-state index is 14.2. The molecule has 1 amide bonds. The van der Waals surface area contributed by atoms with E-state index in [4.69, 9.17) is 16.6 Å². The molecule has 11 heteroatoms. The number of carbonyl (C=O) groups is 1. The summed E-state index contributed by atoms with van der Waals surface area (Å²) in [6, 6.07) is 10.2. The number of carbonyl (C=O) groups excluding carboxylic acids is 1. The lowest BCUT2D eigenvalue weighted by molar-refractivity contribution is -0.120. The van der Waals surface area contributed by atoms with Crippen molar-refractivity contribution in [1.82, 2.24) is 18.8 Å². The average molecular weight is 546 g/mol. The van der Waals surface area contributed by atoms with Crippen molar-refractivity contribution >= 4 is 44.3 Å². The summed E-state index contributed by atoms with van der Waals surface area (Å²) in [6.45, 7) is 4.18. The molecule has 0 unspecified atom stereocenters. The molecule has 1 spiro atoms. The van der Waals surface area contributed by atoms with Crippen molar-refractivity contribution in [3.8, 4) is 0 Å². The van der Waals surface area contributed by atoms with Gasteiger partial charge in [-0.2, -0.15) is 4.31 Å². The van der Waals surface area contributed by atoms with Gasteiger partial charge >= 0.3 is 0 Å². The molecular formula is C26H29ClFN5O3S. The second-order valence-electron chi connectivity index (χ2n) is 10.3. The molecule has 1 saturated carbocycles. The molecule has 2 fully saturated rings. The maximum Gasteiger partial charge on any atom is 0.238 e. The standard InChI is InChI=1S/C26H29ClFN5O3S/c1-37(35,36)31-13-11-30(12-14-31)9-2-10-32-22-6-3-18(27)15-21(22)29-24(32)17-33-23-16-19(28)4-5-20(23)26(7-8-26)25(33)34/h3-6,15-16H,2,7-14,17H2,1H3. The van der Waals surface area contributed by atoms with Crippen LogP contribution >= 0.6 is 11.6 Å². The van der Waals surface area contributed by atoms with Gasteiger partial charge in [0.25, 0.3) is 0 Å². The molecule has 3 aromatic rings. The monoisotopic (exact) mass is 545 g/mol. The van der Waals surface area contributed by atoms with E-state index >= 15 is 0 Å². The number of rotatable bonds is 7. The molecule has 1 aromatic heterocycles. The summed E-state index contributed by atoms with van der Waals surface area (Å²) < 4.78 is 41.4. The third kappa shape index (κ3) is 4.43. The first-order valence-corrected chi connectivity index (χ1v) is 14.8. The largest absolute Gasteiger partial charge is 0.326 e. The average Bonchev–Trinajstić information content (AvgIpc) is 3.55. The first-order valence-electron chi connectivity index (χ1n) is 12.6. The van der Waals surface area contributed by atoms with Crippen LogP contribution in [0.2, 0.25) is 5.02 Å². The van der Waals surface area contributed by atoms with Crippen molar-refractivity contribution in [2.45, 2.75) is 37.8 Å². The number of hydrogen-bond acceptors (Lipinski definition) is 5. The van der Waals surface area contributed by atoms with Crippen LogP contribution in [0.3, 0.4) is 0 Å². The van der Waals surface area contributed by atoms with E-state index in [9.17, 15) is 17.6 Å². The van der Waals surface area contributed by atoms with Crippen LogP contribution in [0.4, 0.5) is 10.1 Å². The number of benzene rings is 2. The fourth-order valence-electron chi connectivity index (χ4n) is 5.78. The summed E-state index contributed by atoms with van der Waals surface area (Å²) in [6.07, 6.45) is 3.67. The number of halogens is 2. The molecule has 0 atom stereocenters. The Morgan fingerprint density at radius 1 is 1.05 bits per heavy atom. The van der Waals surface area contributed by atoms with Crippen LogP contribution in [0.1, 0.15) is 30.7 Å². The molecule has 1 aliphatic carbocycles. The third-order valence-corrected chi connectivity index (χ3v) is 9.45. The number of aryl methyl sites for hydroxylation is 1. The quantitative estimate of drug-likeness (QED) is 0.455. The summed E-state index contributed by atoms with van der Waals surface area (Å²) in [5.41, 5.74) is 2.75. The Bertz CT molecular complexity index is 1500.